The summed E-state index contributed by atoms with van der Waals surface area (Å²) in [5.74, 6) is -0.0665. The van der Waals surface area contributed by atoms with Gasteiger partial charge in [0.15, 0.2) is 4.34 Å². The minimum atomic E-state index is -0.694. The van der Waals surface area contributed by atoms with Crippen molar-refractivity contribution in [2.75, 3.05) is 5.32 Å². The fraction of sp³-hybridized carbons (Fsp3) is 0.167. The molecular formula is C18H14N4O3S3. The number of fused-ring (bicyclic) bond motifs is 1. The van der Waals surface area contributed by atoms with Crippen LogP contribution in [-0.4, -0.2) is 32.5 Å². The van der Waals surface area contributed by atoms with Crippen LogP contribution >= 0.6 is 34.9 Å². The van der Waals surface area contributed by atoms with Gasteiger partial charge < -0.3 is 5.32 Å². The topological polar surface area (TPSA) is 101 Å². The lowest BCUT2D eigenvalue weighted by atomic mass is 10.1. The first-order valence-electron chi connectivity index (χ1n) is 8.33. The van der Waals surface area contributed by atoms with E-state index in [1.807, 2.05) is 18.2 Å². The van der Waals surface area contributed by atoms with E-state index >= 15 is 0 Å². The highest BCUT2D eigenvalue weighted by Gasteiger charge is 2.33. The normalized spacial score (nSPS) is 16.4. The number of rotatable bonds is 6. The molecule has 7 nitrogen and oxygen atoms in total. The summed E-state index contributed by atoms with van der Waals surface area (Å²) in [7, 11) is 0. The summed E-state index contributed by atoms with van der Waals surface area (Å²) in [5, 5.41) is 14.5. The molecule has 1 fully saturated rings. The van der Waals surface area contributed by atoms with Gasteiger partial charge in [-0.15, -0.1) is 10.2 Å². The van der Waals surface area contributed by atoms with E-state index in [1.165, 1.54) is 27.7 Å². The largest absolute Gasteiger partial charge is 0.300 e. The van der Waals surface area contributed by atoms with Crippen LogP contribution in [0.5, 0.6) is 0 Å². The van der Waals surface area contributed by atoms with E-state index in [0.29, 0.717) is 5.13 Å². The Morgan fingerprint density at radius 2 is 1.96 bits per heavy atom. The van der Waals surface area contributed by atoms with Crippen LogP contribution in [0.25, 0.3) is 10.8 Å². The number of carbonyl (C=O) groups excluding carboxylic acids is 3. The molecule has 1 atom stereocenters. The minimum Gasteiger partial charge on any atom is -0.300 e. The number of hydrogen-bond donors (Lipinski definition) is 2. The molecule has 0 spiro atoms. The van der Waals surface area contributed by atoms with Crippen LogP contribution in [0.15, 0.2) is 46.8 Å². The number of nitrogens with one attached hydrogen (secondary N) is 2. The molecule has 0 bridgehead atoms. The highest BCUT2D eigenvalue weighted by atomic mass is 32.2. The molecule has 142 valence electrons. The Balaban J connectivity index is 1.35. The minimum absolute atomic E-state index is 0.0830. The summed E-state index contributed by atoms with van der Waals surface area (Å²) in [6.45, 7) is 0. The molecule has 0 saturated carbocycles. The molecule has 2 N–H and O–H groups in total. The van der Waals surface area contributed by atoms with Crippen molar-refractivity contribution in [1.29, 1.82) is 0 Å². The molecule has 1 aliphatic rings. The molecule has 10 heteroatoms. The lowest BCUT2D eigenvalue weighted by Gasteiger charge is -2.05. The standard InChI is InChI=1S/C18H14N4O3S3/c23-14(8-13-15(24)20-17(25)27-13)19-16-21-22-18(28-16)26-9-11-6-3-5-10-4-1-2-7-12(10)11/h1-7,13H,8-9H2,(H,19,21,23)(H,20,24,25). The highest BCUT2D eigenvalue weighted by molar-refractivity contribution is 8.15. The van der Waals surface area contributed by atoms with Crippen LogP contribution in [0.3, 0.4) is 0 Å². The predicted molar refractivity (Wildman–Crippen MR) is 112 cm³/mol. The molecule has 3 aromatic rings. The summed E-state index contributed by atoms with van der Waals surface area (Å²) >= 11 is 3.66. The van der Waals surface area contributed by atoms with Gasteiger partial charge in [0, 0.05) is 12.2 Å². The third kappa shape index (κ3) is 4.34. The maximum absolute atomic E-state index is 12.1. The third-order valence-corrected chi connectivity index (χ3v) is 7.02. The quantitative estimate of drug-likeness (QED) is 0.454. The third-order valence-electron chi connectivity index (χ3n) is 4.02. The maximum Gasteiger partial charge on any atom is 0.286 e. The molecule has 0 radical (unpaired) electrons. The van der Waals surface area contributed by atoms with Crippen molar-refractivity contribution in [3.05, 3.63) is 48.0 Å². The van der Waals surface area contributed by atoms with Gasteiger partial charge in [0.2, 0.25) is 16.9 Å². The lowest BCUT2D eigenvalue weighted by Crippen LogP contribution is -2.27. The second kappa shape index (κ2) is 8.29. The van der Waals surface area contributed by atoms with Crippen molar-refractivity contribution in [2.45, 2.75) is 21.8 Å². The Kier molecular flexibility index (Phi) is 5.60. The summed E-state index contributed by atoms with van der Waals surface area (Å²) in [5.41, 5.74) is 1.21. The predicted octanol–water partition coefficient (Wildman–Crippen LogP) is 3.66. The first-order chi connectivity index (χ1) is 13.6. The van der Waals surface area contributed by atoms with Gasteiger partial charge in [-0.05, 0) is 16.3 Å². The number of imide groups is 1. The molecule has 2 aromatic carbocycles. The lowest BCUT2D eigenvalue weighted by molar-refractivity contribution is -0.122. The molecule has 28 heavy (non-hydrogen) atoms. The number of benzene rings is 2. The van der Waals surface area contributed by atoms with Crippen LogP contribution in [0, 0.1) is 0 Å². The van der Waals surface area contributed by atoms with E-state index in [0.717, 1.165) is 21.9 Å². The van der Waals surface area contributed by atoms with Gasteiger partial charge in [0.1, 0.15) is 5.25 Å². The van der Waals surface area contributed by atoms with Gasteiger partial charge in [0.25, 0.3) is 5.24 Å². The van der Waals surface area contributed by atoms with E-state index in [-0.39, 0.29) is 12.3 Å². The monoisotopic (exact) mass is 430 g/mol. The number of nitrogens with zero attached hydrogens (tertiary/aromatic N) is 2. The molecule has 1 aromatic heterocycles. The van der Waals surface area contributed by atoms with Gasteiger partial charge in [-0.1, -0.05) is 77.3 Å². The van der Waals surface area contributed by atoms with E-state index in [4.69, 9.17) is 0 Å². The van der Waals surface area contributed by atoms with E-state index < -0.39 is 16.4 Å². The smallest absolute Gasteiger partial charge is 0.286 e. The van der Waals surface area contributed by atoms with Gasteiger partial charge in [-0.2, -0.15) is 0 Å². The zero-order chi connectivity index (χ0) is 19.5. The average molecular weight is 431 g/mol. The van der Waals surface area contributed by atoms with Gasteiger partial charge in [-0.3, -0.25) is 19.7 Å². The second-order valence-electron chi connectivity index (χ2n) is 5.94. The molecule has 3 amide bonds. The highest BCUT2D eigenvalue weighted by Crippen LogP contribution is 2.31. The van der Waals surface area contributed by atoms with Gasteiger partial charge in [0.05, 0.1) is 0 Å². The van der Waals surface area contributed by atoms with Crippen molar-refractivity contribution < 1.29 is 14.4 Å². The molecule has 0 aliphatic carbocycles. The van der Waals surface area contributed by atoms with E-state index in [1.54, 1.807) is 11.8 Å². The number of anilines is 1. The fourth-order valence-corrected chi connectivity index (χ4v) is 5.33. The molecule has 1 unspecified atom stereocenters. The first-order valence-corrected chi connectivity index (χ1v) is 11.0. The molecular weight excluding hydrogens is 416 g/mol. The second-order valence-corrected chi connectivity index (χ2v) is 9.31. The Labute approximate surface area is 172 Å². The van der Waals surface area contributed by atoms with Gasteiger partial charge >= 0.3 is 0 Å². The van der Waals surface area contributed by atoms with Crippen molar-refractivity contribution in [1.82, 2.24) is 15.5 Å². The van der Waals surface area contributed by atoms with Crippen LogP contribution in [0.1, 0.15) is 12.0 Å². The SMILES string of the molecule is O=C(CC1SC(=O)NC1=O)Nc1nnc(SCc2cccc3ccccc23)s1. The van der Waals surface area contributed by atoms with Crippen molar-refractivity contribution in [3.63, 3.8) is 0 Å². The van der Waals surface area contributed by atoms with E-state index in [2.05, 4.69) is 45.1 Å². The van der Waals surface area contributed by atoms with Crippen molar-refractivity contribution in [3.8, 4) is 0 Å². The van der Waals surface area contributed by atoms with Crippen molar-refractivity contribution in [2.24, 2.45) is 0 Å². The Bertz CT molecular complexity index is 1060. The zero-order valence-corrected chi connectivity index (χ0v) is 16.8. The molecule has 2 heterocycles. The number of aromatic nitrogens is 2. The number of thioether (sulfide) groups is 2. The zero-order valence-electron chi connectivity index (χ0n) is 14.4. The van der Waals surface area contributed by atoms with Crippen LogP contribution in [0.4, 0.5) is 9.93 Å². The Morgan fingerprint density at radius 3 is 2.79 bits per heavy atom. The van der Waals surface area contributed by atoms with Crippen LogP contribution in [-0.2, 0) is 15.3 Å². The molecule has 1 saturated heterocycles. The molecule has 1 aliphatic heterocycles. The summed E-state index contributed by atoms with van der Waals surface area (Å²) in [4.78, 5) is 34.8. The number of amides is 3. The van der Waals surface area contributed by atoms with Crippen molar-refractivity contribution >= 4 is 67.8 Å². The number of carbonyl (C=O) groups is 3. The number of hydrogen-bond acceptors (Lipinski definition) is 8. The first kappa shape index (κ1) is 18.9. The van der Waals surface area contributed by atoms with Crippen LogP contribution < -0.4 is 10.6 Å². The summed E-state index contributed by atoms with van der Waals surface area (Å²) in [6.07, 6.45) is -0.0830. The Morgan fingerprint density at radius 1 is 1.14 bits per heavy atom. The van der Waals surface area contributed by atoms with Gasteiger partial charge in [-0.25, -0.2) is 0 Å². The maximum atomic E-state index is 12.1. The fourth-order valence-electron chi connectivity index (χ4n) is 2.74. The van der Waals surface area contributed by atoms with Crippen LogP contribution in [0.2, 0.25) is 0 Å². The average Bonchev–Trinajstić information content (AvgIpc) is 3.25. The summed E-state index contributed by atoms with van der Waals surface area (Å²) < 4.78 is 0.742. The van der Waals surface area contributed by atoms with E-state index in [9.17, 15) is 14.4 Å². The Hall–Kier alpha value is -2.43. The molecule has 4 rings (SSSR count). The summed E-state index contributed by atoms with van der Waals surface area (Å²) in [6, 6.07) is 14.4.